The summed E-state index contributed by atoms with van der Waals surface area (Å²) in [6.45, 7) is 4.47. The largest absolute Gasteiger partial charge is 0.349 e. The van der Waals surface area contributed by atoms with Gasteiger partial charge in [0.1, 0.15) is 0 Å². The minimum Gasteiger partial charge on any atom is -0.349 e. The van der Waals surface area contributed by atoms with Gasteiger partial charge >= 0.3 is 0 Å². The molecule has 2 atom stereocenters. The molecule has 0 radical (unpaired) electrons. The van der Waals surface area contributed by atoms with Crippen LogP contribution in [0.3, 0.4) is 0 Å². The molecule has 0 saturated heterocycles. The lowest BCUT2D eigenvalue weighted by molar-refractivity contribution is 0.479. The van der Waals surface area contributed by atoms with Crippen molar-refractivity contribution in [2.24, 2.45) is 4.99 Å². The van der Waals surface area contributed by atoms with E-state index >= 15 is 0 Å². The van der Waals surface area contributed by atoms with E-state index in [2.05, 4.69) is 47.9 Å². The van der Waals surface area contributed by atoms with Crippen molar-refractivity contribution >= 4 is 5.96 Å². The van der Waals surface area contributed by atoms with Crippen molar-refractivity contribution < 1.29 is 0 Å². The van der Waals surface area contributed by atoms with Crippen LogP contribution < -0.4 is 0 Å². The van der Waals surface area contributed by atoms with Crippen LogP contribution in [-0.2, 0) is 0 Å². The first-order chi connectivity index (χ1) is 9.40. The van der Waals surface area contributed by atoms with Crippen molar-refractivity contribution in [3.05, 3.63) is 35.4 Å². The molecule has 3 heteroatoms. The molecule has 1 saturated carbocycles. The predicted molar refractivity (Wildman–Crippen MR) is 86.5 cm³/mol. The molecule has 0 heterocycles. The third-order valence-electron chi connectivity index (χ3n) is 3.87. The maximum atomic E-state index is 4.87. The zero-order chi connectivity index (χ0) is 14.9. The summed E-state index contributed by atoms with van der Waals surface area (Å²) in [4.78, 5) is 9.03. The Kier molecular flexibility index (Phi) is 4.36. The Morgan fingerprint density at radius 2 is 1.60 bits per heavy atom. The van der Waals surface area contributed by atoms with Crippen LogP contribution in [-0.4, -0.2) is 50.0 Å². The molecular formula is C17H27N3. The normalized spacial score (nSPS) is 20.8. The minimum absolute atomic E-state index is 0.444. The molecule has 0 spiro atoms. The van der Waals surface area contributed by atoms with Gasteiger partial charge in [0.15, 0.2) is 5.96 Å². The monoisotopic (exact) mass is 273 g/mol. The second-order valence-electron chi connectivity index (χ2n) is 6.45. The Bertz CT molecular complexity index is 462. The van der Waals surface area contributed by atoms with Gasteiger partial charge in [-0.25, -0.2) is 4.99 Å². The third-order valence-corrected chi connectivity index (χ3v) is 3.87. The van der Waals surface area contributed by atoms with E-state index in [0.717, 1.165) is 5.96 Å². The first kappa shape index (κ1) is 14.9. The molecule has 0 aliphatic heterocycles. The van der Waals surface area contributed by atoms with Gasteiger partial charge in [-0.3, -0.25) is 0 Å². The van der Waals surface area contributed by atoms with Crippen LogP contribution in [0, 0.1) is 0 Å². The van der Waals surface area contributed by atoms with Crippen molar-refractivity contribution in [3.8, 4) is 0 Å². The van der Waals surface area contributed by atoms with Crippen molar-refractivity contribution in [1.82, 2.24) is 9.80 Å². The second kappa shape index (κ2) is 5.86. The Labute approximate surface area is 123 Å². The van der Waals surface area contributed by atoms with Gasteiger partial charge in [-0.1, -0.05) is 38.1 Å². The number of rotatable bonds is 3. The Morgan fingerprint density at radius 1 is 1.05 bits per heavy atom. The quantitative estimate of drug-likeness (QED) is 0.622. The topological polar surface area (TPSA) is 18.8 Å². The Morgan fingerprint density at radius 3 is 2.05 bits per heavy atom. The smallest absolute Gasteiger partial charge is 0.195 e. The summed E-state index contributed by atoms with van der Waals surface area (Å²) in [6, 6.07) is 9.52. The molecule has 2 rings (SSSR count). The molecule has 0 N–H and O–H groups in total. The van der Waals surface area contributed by atoms with Gasteiger partial charge in [0.25, 0.3) is 0 Å². The SMILES string of the molecule is CC(C)c1ccc(C2CC2N=C(N(C)C)N(C)C)cc1. The maximum Gasteiger partial charge on any atom is 0.195 e. The zero-order valence-electron chi connectivity index (χ0n) is 13.6. The van der Waals surface area contributed by atoms with Gasteiger partial charge < -0.3 is 9.80 Å². The van der Waals surface area contributed by atoms with Gasteiger partial charge in [0, 0.05) is 34.1 Å². The van der Waals surface area contributed by atoms with Gasteiger partial charge in [-0.15, -0.1) is 0 Å². The standard InChI is InChI=1S/C17H27N3/c1-12(2)13-7-9-14(10-8-13)15-11-16(15)18-17(19(3)4)20(5)6/h7-10,12,15-16H,11H2,1-6H3. The van der Waals surface area contributed by atoms with E-state index < -0.39 is 0 Å². The molecule has 1 aliphatic rings. The number of hydrogen-bond acceptors (Lipinski definition) is 1. The van der Waals surface area contributed by atoms with Crippen LogP contribution in [0.1, 0.15) is 43.2 Å². The molecular weight excluding hydrogens is 246 g/mol. The highest BCUT2D eigenvalue weighted by Gasteiger charge is 2.39. The molecule has 2 unspecified atom stereocenters. The third kappa shape index (κ3) is 3.33. The highest BCUT2D eigenvalue weighted by Crippen LogP contribution is 2.43. The average Bonchev–Trinajstić information content (AvgIpc) is 3.14. The highest BCUT2D eigenvalue weighted by atomic mass is 15.3. The number of hydrogen-bond donors (Lipinski definition) is 0. The summed E-state index contributed by atoms with van der Waals surface area (Å²) in [5.41, 5.74) is 2.84. The molecule has 110 valence electrons. The van der Waals surface area contributed by atoms with E-state index in [9.17, 15) is 0 Å². The van der Waals surface area contributed by atoms with Crippen molar-refractivity contribution in [1.29, 1.82) is 0 Å². The molecule has 1 aromatic rings. The van der Waals surface area contributed by atoms with Crippen molar-refractivity contribution in [3.63, 3.8) is 0 Å². The average molecular weight is 273 g/mol. The molecule has 1 fully saturated rings. The molecule has 20 heavy (non-hydrogen) atoms. The Hall–Kier alpha value is -1.51. The number of benzene rings is 1. The van der Waals surface area contributed by atoms with Crippen LogP contribution >= 0.6 is 0 Å². The summed E-state index contributed by atoms with van der Waals surface area (Å²) < 4.78 is 0. The summed E-state index contributed by atoms with van der Waals surface area (Å²) >= 11 is 0. The maximum absolute atomic E-state index is 4.87. The van der Waals surface area contributed by atoms with Crippen molar-refractivity contribution in [2.75, 3.05) is 28.2 Å². The van der Waals surface area contributed by atoms with Gasteiger partial charge in [-0.2, -0.15) is 0 Å². The number of nitrogens with zero attached hydrogens (tertiary/aromatic N) is 3. The lowest BCUT2D eigenvalue weighted by Gasteiger charge is -2.22. The molecule has 1 aliphatic carbocycles. The van der Waals surface area contributed by atoms with Gasteiger partial charge in [0.2, 0.25) is 0 Å². The second-order valence-corrected chi connectivity index (χ2v) is 6.45. The summed E-state index contributed by atoms with van der Waals surface area (Å²) in [5, 5.41) is 0. The van der Waals surface area contributed by atoms with Gasteiger partial charge in [0.05, 0.1) is 6.04 Å². The van der Waals surface area contributed by atoms with E-state index in [4.69, 9.17) is 4.99 Å². The van der Waals surface area contributed by atoms with Crippen LogP contribution in [0.15, 0.2) is 29.3 Å². The number of aliphatic imine (C=N–C) groups is 1. The van der Waals surface area contributed by atoms with E-state index in [1.54, 1.807) is 0 Å². The van der Waals surface area contributed by atoms with E-state index in [0.29, 0.717) is 17.9 Å². The first-order valence-electron chi connectivity index (χ1n) is 7.42. The number of guanidine groups is 1. The summed E-state index contributed by atoms with van der Waals surface area (Å²) in [7, 11) is 8.20. The zero-order valence-corrected chi connectivity index (χ0v) is 13.6. The lowest BCUT2D eigenvalue weighted by atomic mass is 10.0. The van der Waals surface area contributed by atoms with Gasteiger partial charge in [-0.05, 0) is 23.5 Å². The molecule has 0 amide bonds. The molecule has 3 nitrogen and oxygen atoms in total. The van der Waals surface area contributed by atoms with Crippen LogP contribution in [0.25, 0.3) is 0 Å². The first-order valence-corrected chi connectivity index (χ1v) is 7.42. The summed E-state index contributed by atoms with van der Waals surface area (Å²) in [5.74, 6) is 2.26. The van der Waals surface area contributed by atoms with E-state index in [-0.39, 0.29) is 0 Å². The molecule has 1 aromatic carbocycles. The fourth-order valence-electron chi connectivity index (χ4n) is 2.59. The van der Waals surface area contributed by atoms with Crippen LogP contribution in [0.4, 0.5) is 0 Å². The molecule has 0 bridgehead atoms. The molecule has 0 aromatic heterocycles. The van der Waals surface area contributed by atoms with E-state index in [1.807, 2.05) is 28.2 Å². The van der Waals surface area contributed by atoms with Crippen LogP contribution in [0.2, 0.25) is 0 Å². The fraction of sp³-hybridized carbons (Fsp3) is 0.588. The fourth-order valence-corrected chi connectivity index (χ4v) is 2.59. The summed E-state index contributed by atoms with van der Waals surface area (Å²) in [6.07, 6.45) is 1.17. The lowest BCUT2D eigenvalue weighted by Crippen LogP contribution is -2.35. The highest BCUT2D eigenvalue weighted by molar-refractivity contribution is 5.79. The Balaban J connectivity index is 2.06. The van der Waals surface area contributed by atoms with Crippen LogP contribution in [0.5, 0.6) is 0 Å². The predicted octanol–water partition coefficient (Wildman–Crippen LogP) is 3.15. The minimum atomic E-state index is 0.444. The van der Waals surface area contributed by atoms with Crippen molar-refractivity contribution in [2.45, 2.75) is 38.1 Å². The van der Waals surface area contributed by atoms with E-state index in [1.165, 1.54) is 17.5 Å².